The number of hydrogen-bond acceptors (Lipinski definition) is 18. The molecule has 4 aromatic heterocycles. The van der Waals surface area contributed by atoms with Crippen LogP contribution in [0.15, 0.2) is 11.1 Å². The first kappa shape index (κ1) is 32.4. The van der Waals surface area contributed by atoms with Crippen LogP contribution in [0.2, 0.25) is 0 Å². The van der Waals surface area contributed by atoms with E-state index in [1.54, 1.807) is 0 Å². The van der Waals surface area contributed by atoms with Crippen LogP contribution in [0.4, 0.5) is 20.5 Å². The quantitative estimate of drug-likeness (QED) is 0.0851. The monoisotopic (exact) mass is 729 g/mol. The van der Waals surface area contributed by atoms with Crippen molar-refractivity contribution in [3.8, 4) is 0 Å². The lowest BCUT2D eigenvalue weighted by molar-refractivity contribution is -0.0592. The highest BCUT2D eigenvalue weighted by Gasteiger charge is 2.52. The average Bonchev–Trinajstić information content (AvgIpc) is 3.73. The number of aromatic amines is 1. The van der Waals surface area contributed by atoms with Crippen LogP contribution in [-0.4, -0.2) is 110 Å². The van der Waals surface area contributed by atoms with Gasteiger partial charge in [-0.3, -0.25) is 14.3 Å². The number of nitrogens with one attached hydrogen (secondary N) is 1. The summed E-state index contributed by atoms with van der Waals surface area (Å²) in [7, 11) is 0. The maximum atomic E-state index is 15.8. The third-order valence-corrected chi connectivity index (χ3v) is 9.28. The van der Waals surface area contributed by atoms with E-state index in [1.165, 1.54) is 0 Å². The number of nitrogen functional groups attached to an aromatic ring is 2. The van der Waals surface area contributed by atoms with E-state index in [9.17, 15) is 14.8 Å². The van der Waals surface area contributed by atoms with Gasteiger partial charge in [0.05, 0.1) is 6.61 Å². The van der Waals surface area contributed by atoms with Crippen LogP contribution < -0.4 is 17.0 Å². The highest BCUT2D eigenvalue weighted by atomic mass is 32.9. The maximum Gasteiger partial charge on any atom is 0.411 e. The number of H-pyrrole nitrogens is 1. The van der Waals surface area contributed by atoms with Crippen LogP contribution >= 0.6 is 25.1 Å². The van der Waals surface area contributed by atoms with Gasteiger partial charge in [0.25, 0.3) is 5.56 Å². The van der Waals surface area contributed by atoms with E-state index in [0.717, 1.165) is 15.7 Å². The van der Waals surface area contributed by atoms with E-state index < -0.39 is 74.2 Å². The van der Waals surface area contributed by atoms with Gasteiger partial charge in [-0.15, -0.1) is 10.2 Å². The molecule has 2 saturated heterocycles. The van der Waals surface area contributed by atoms with Gasteiger partial charge in [0.1, 0.15) is 49.6 Å². The van der Waals surface area contributed by atoms with Gasteiger partial charge in [-0.05, 0) is 11.8 Å². The van der Waals surface area contributed by atoms with Gasteiger partial charge in [-0.25, -0.2) is 18.7 Å². The van der Waals surface area contributed by atoms with Crippen LogP contribution in [-0.2, 0) is 46.7 Å². The molecule has 0 saturated carbocycles. The predicted molar refractivity (Wildman–Crippen MR) is 158 cm³/mol. The summed E-state index contributed by atoms with van der Waals surface area (Å²) in [6.45, 7) is -5.47. The van der Waals surface area contributed by atoms with Crippen LogP contribution in [0.25, 0.3) is 22.3 Å². The van der Waals surface area contributed by atoms with Gasteiger partial charge in [-0.2, -0.15) is 18.9 Å². The summed E-state index contributed by atoms with van der Waals surface area (Å²) >= 11 is 14.0. The number of halogens is 2. The fourth-order valence-electron chi connectivity index (χ4n) is 4.65. The Morgan fingerprint density at radius 2 is 1.78 bits per heavy atom. The third kappa shape index (κ3) is 6.27. The Morgan fingerprint density at radius 3 is 2.51 bits per heavy atom. The van der Waals surface area contributed by atoms with Crippen molar-refractivity contribution in [2.75, 3.05) is 24.7 Å². The molecule has 4 aromatic rings. The molecule has 0 aromatic carbocycles. The van der Waals surface area contributed by atoms with Crippen molar-refractivity contribution in [3.63, 3.8) is 0 Å². The Bertz CT molecular complexity index is 1870. The summed E-state index contributed by atoms with van der Waals surface area (Å²) in [5.41, 5.74) is 10.4. The van der Waals surface area contributed by atoms with E-state index >= 15 is 8.78 Å². The summed E-state index contributed by atoms with van der Waals surface area (Å²) in [5.74, 6) is -0.298. The number of hydrogen-bond donors (Lipinski definition) is 6. The fourth-order valence-corrected chi connectivity index (χ4v) is 6.71. The summed E-state index contributed by atoms with van der Waals surface area (Å²) < 4.78 is 60.2. The molecule has 7 N–H and O–H groups in total. The van der Waals surface area contributed by atoms with Gasteiger partial charge in [0.15, 0.2) is 52.9 Å². The SMILES string of the molecule is Nc1nc2c(nnn2[C@@H]2O[C@H](CO[P+](=S)S)[C@@H](F)[C@H]2OP(O)(=S)OC[C@H]2O[C@@H](n3nnc4c(N)ncnc43)[C@@H](F)[C@@H]2O)c(=O)[nH]1. The number of anilines is 2. The molecule has 0 spiro atoms. The van der Waals surface area contributed by atoms with Crippen LogP contribution in [0.3, 0.4) is 0 Å². The molecule has 45 heavy (non-hydrogen) atoms. The van der Waals surface area contributed by atoms with Crippen molar-refractivity contribution >= 4 is 82.8 Å². The van der Waals surface area contributed by atoms with E-state index in [4.69, 9.17) is 58.1 Å². The zero-order chi connectivity index (χ0) is 32.2. The minimum absolute atomic E-state index is 0.00661. The Labute approximate surface area is 264 Å². The molecule has 6 heterocycles. The summed E-state index contributed by atoms with van der Waals surface area (Å²) in [4.78, 5) is 37.2. The largest absolute Gasteiger partial charge is 0.411 e. The predicted octanol–water partition coefficient (Wildman–Crippen LogP) is -0.915. The first-order valence-corrected chi connectivity index (χ1v) is 18.5. The summed E-state index contributed by atoms with van der Waals surface area (Å²) in [6.07, 6.45) is -13.9. The number of ether oxygens (including phenoxy) is 2. The van der Waals surface area contributed by atoms with Crippen molar-refractivity contribution in [3.05, 3.63) is 16.7 Å². The number of nitrogens with zero attached hydrogens (tertiary/aromatic N) is 9. The van der Waals surface area contributed by atoms with Gasteiger partial charge >= 0.3 is 12.8 Å². The van der Waals surface area contributed by atoms with Crippen molar-refractivity contribution < 1.29 is 41.8 Å². The van der Waals surface area contributed by atoms with Gasteiger partial charge < -0.3 is 35.5 Å². The van der Waals surface area contributed by atoms with Crippen LogP contribution in [0.1, 0.15) is 12.5 Å². The number of aromatic nitrogens is 10. The van der Waals surface area contributed by atoms with E-state index in [-0.39, 0.29) is 40.7 Å². The first-order valence-electron chi connectivity index (χ1n) is 12.5. The molecule has 2 aliphatic heterocycles. The van der Waals surface area contributed by atoms with E-state index in [1.807, 2.05) is 0 Å². The van der Waals surface area contributed by atoms with Crippen molar-refractivity contribution in [1.29, 1.82) is 0 Å². The molecule has 6 rings (SSSR count). The second-order valence-electron chi connectivity index (χ2n) is 9.50. The number of thiol groups is 1. The molecule has 242 valence electrons. The zero-order valence-corrected chi connectivity index (χ0v) is 26.4. The smallest absolute Gasteiger partial charge is 0.387 e. The second kappa shape index (κ2) is 12.6. The Morgan fingerprint density at radius 1 is 1.09 bits per heavy atom. The molecular formula is C18H21F2N12O8P2S3+. The summed E-state index contributed by atoms with van der Waals surface area (Å²) in [5, 5.41) is 25.7. The van der Waals surface area contributed by atoms with E-state index in [2.05, 4.69) is 52.8 Å². The number of aliphatic hydroxyl groups is 1. The van der Waals surface area contributed by atoms with E-state index in [0.29, 0.717) is 0 Å². The molecule has 0 bridgehead atoms. The lowest BCUT2D eigenvalue weighted by Gasteiger charge is -2.25. The normalized spacial score (nSPS) is 30.3. The molecule has 0 aliphatic carbocycles. The highest BCUT2D eigenvalue weighted by Crippen LogP contribution is 2.51. The number of aliphatic hydroxyl groups excluding tert-OH is 1. The van der Waals surface area contributed by atoms with Gasteiger partial charge in [0, 0.05) is 0 Å². The summed E-state index contributed by atoms with van der Waals surface area (Å²) in [6, 6.07) is 0. The first-order chi connectivity index (χ1) is 21.3. The number of nitrogens with two attached hydrogens (primary N) is 2. The number of alkyl halides is 2. The molecule has 20 nitrogen and oxygen atoms in total. The molecule has 10 atom stereocenters. The number of fused-ring (bicyclic) bond motifs is 2. The van der Waals surface area contributed by atoms with Crippen molar-refractivity contribution in [1.82, 2.24) is 49.9 Å². The average molecular weight is 730 g/mol. The molecule has 0 amide bonds. The Hall–Kier alpha value is -2.54. The molecular weight excluding hydrogens is 708 g/mol. The Balaban J connectivity index is 1.20. The van der Waals surface area contributed by atoms with Crippen LogP contribution in [0.5, 0.6) is 0 Å². The maximum absolute atomic E-state index is 15.8. The topological polar surface area (TPSA) is 272 Å². The van der Waals surface area contributed by atoms with Gasteiger partial charge in [0.2, 0.25) is 17.8 Å². The lowest BCUT2D eigenvalue weighted by Crippen LogP contribution is -2.33. The third-order valence-electron chi connectivity index (χ3n) is 6.69. The highest BCUT2D eigenvalue weighted by molar-refractivity contribution is 8.54. The lowest BCUT2D eigenvalue weighted by atomic mass is 10.1. The molecule has 27 heteroatoms. The molecule has 2 unspecified atom stereocenters. The minimum Gasteiger partial charge on any atom is -0.387 e. The Kier molecular flexibility index (Phi) is 9.06. The second-order valence-corrected chi connectivity index (χ2v) is 15.9. The standard InChI is InChI=1S/C18H20F2N12O8P2S3/c19-6-4(1-36-41(43)44)38-17(32-14-9(28-30-32)15(34)26-18(22)25-14)11(6)40-42(35,45)37-2-5-10(33)7(20)16(39-5)31-13-8(27-29-31)12(21)23-3-24-13/h3-7,10-11,16-17,33H,1-2H2,(H6-,21,22,23,24,25,26,29,30,34,35,43,44,45)/p+1/t4-,5-,6-,7+,10-,11-,16-,17-,42?/m1/s1. The fraction of sp³-hybridized carbons (Fsp3) is 0.556. The number of rotatable bonds is 10. The molecule has 2 aliphatic rings. The molecule has 2 fully saturated rings. The van der Waals surface area contributed by atoms with Crippen molar-refractivity contribution in [2.24, 2.45) is 0 Å². The van der Waals surface area contributed by atoms with Crippen LogP contribution in [0, 0.1) is 0 Å². The zero-order valence-electron chi connectivity index (χ0n) is 22.0. The van der Waals surface area contributed by atoms with Crippen molar-refractivity contribution in [2.45, 2.75) is 49.2 Å². The minimum atomic E-state index is -4.41. The van der Waals surface area contributed by atoms with Gasteiger partial charge in [-0.1, -0.05) is 10.4 Å². The molecule has 0 radical (unpaired) electrons.